The van der Waals surface area contributed by atoms with Crippen LogP contribution in [0.2, 0.25) is 0 Å². The molecule has 1 saturated carbocycles. The van der Waals surface area contributed by atoms with Gasteiger partial charge in [-0.05, 0) is 46.5 Å². The molecule has 1 fully saturated rings. The zero-order valence-electron chi connectivity index (χ0n) is 15.0. The standard InChI is InChI=1S/C18H28N2O3/c1-6-23-18(22)17-13(3)19-12(2)16(17)15(21)11-20(4,5)14-9-7-8-10-14/h14H,6-11H2,1-5H3/p+1. The lowest BCUT2D eigenvalue weighted by Gasteiger charge is -2.35. The summed E-state index contributed by atoms with van der Waals surface area (Å²) < 4.78 is 5.81. The fourth-order valence-electron chi connectivity index (χ4n) is 3.77. The fraction of sp³-hybridized carbons (Fsp3) is 0.667. The van der Waals surface area contributed by atoms with Crippen LogP contribution in [0, 0.1) is 13.8 Å². The zero-order valence-corrected chi connectivity index (χ0v) is 15.0. The summed E-state index contributed by atoms with van der Waals surface area (Å²) in [4.78, 5) is 28.3. The average Bonchev–Trinajstić information content (AvgIpc) is 3.06. The number of carbonyl (C=O) groups excluding carboxylic acids is 2. The number of aryl methyl sites for hydroxylation is 2. The van der Waals surface area contributed by atoms with Gasteiger partial charge in [-0.3, -0.25) is 4.79 Å². The van der Waals surface area contributed by atoms with E-state index in [4.69, 9.17) is 4.74 Å². The Hall–Kier alpha value is -1.62. The van der Waals surface area contributed by atoms with Crippen molar-refractivity contribution in [2.75, 3.05) is 27.2 Å². The molecule has 5 nitrogen and oxygen atoms in total. The lowest BCUT2D eigenvalue weighted by atomic mass is 10.0. The number of esters is 1. The van der Waals surface area contributed by atoms with Gasteiger partial charge in [0.25, 0.3) is 0 Å². The number of aromatic nitrogens is 1. The maximum absolute atomic E-state index is 12.9. The molecule has 0 saturated heterocycles. The Labute approximate surface area is 138 Å². The van der Waals surface area contributed by atoms with Crippen LogP contribution >= 0.6 is 0 Å². The van der Waals surface area contributed by atoms with E-state index in [9.17, 15) is 9.59 Å². The van der Waals surface area contributed by atoms with E-state index in [2.05, 4.69) is 19.1 Å². The predicted octanol–water partition coefficient (Wildman–Crippen LogP) is 3.01. The highest BCUT2D eigenvalue weighted by atomic mass is 16.5. The first-order valence-electron chi connectivity index (χ1n) is 8.50. The van der Waals surface area contributed by atoms with Crippen LogP contribution in [0.5, 0.6) is 0 Å². The summed E-state index contributed by atoms with van der Waals surface area (Å²) >= 11 is 0. The fourth-order valence-corrected chi connectivity index (χ4v) is 3.77. The lowest BCUT2D eigenvalue weighted by molar-refractivity contribution is -0.906. The number of hydrogen-bond donors (Lipinski definition) is 1. The third-order valence-electron chi connectivity index (χ3n) is 5.00. The summed E-state index contributed by atoms with van der Waals surface area (Å²) in [5, 5.41) is 0. The van der Waals surface area contributed by atoms with Crippen molar-refractivity contribution in [3.05, 3.63) is 22.5 Å². The van der Waals surface area contributed by atoms with Gasteiger partial charge in [0.05, 0.1) is 37.9 Å². The van der Waals surface area contributed by atoms with Crippen molar-refractivity contribution in [1.82, 2.24) is 4.98 Å². The number of carbonyl (C=O) groups is 2. The largest absolute Gasteiger partial charge is 0.462 e. The molecule has 0 bridgehead atoms. The van der Waals surface area contributed by atoms with Gasteiger partial charge >= 0.3 is 5.97 Å². The van der Waals surface area contributed by atoms with Gasteiger partial charge in [0, 0.05) is 11.4 Å². The number of likely N-dealkylation sites (N-methyl/N-ethyl adjacent to an activating group) is 1. The summed E-state index contributed by atoms with van der Waals surface area (Å²) in [5.41, 5.74) is 2.36. The van der Waals surface area contributed by atoms with E-state index < -0.39 is 5.97 Å². The summed E-state index contributed by atoms with van der Waals surface area (Å²) in [6.07, 6.45) is 4.85. The van der Waals surface area contributed by atoms with E-state index >= 15 is 0 Å². The summed E-state index contributed by atoms with van der Waals surface area (Å²) in [6, 6.07) is 0.533. The number of Topliss-reactive ketones (excluding diaryl/α,β-unsaturated/α-hetero) is 1. The molecule has 0 aromatic carbocycles. The molecule has 0 unspecified atom stereocenters. The first-order valence-corrected chi connectivity index (χ1v) is 8.50. The Morgan fingerprint density at radius 2 is 1.70 bits per heavy atom. The number of H-pyrrole nitrogens is 1. The van der Waals surface area contributed by atoms with Gasteiger partial charge in [0.15, 0.2) is 0 Å². The number of nitrogens with zero attached hydrogens (tertiary/aromatic N) is 1. The monoisotopic (exact) mass is 321 g/mol. The molecule has 1 aromatic rings. The number of quaternary nitrogens is 1. The minimum Gasteiger partial charge on any atom is -0.462 e. The normalized spacial score (nSPS) is 15.9. The Morgan fingerprint density at radius 1 is 1.13 bits per heavy atom. The number of hydrogen-bond acceptors (Lipinski definition) is 3. The van der Waals surface area contributed by atoms with Crippen molar-refractivity contribution in [1.29, 1.82) is 0 Å². The van der Waals surface area contributed by atoms with E-state index in [0.717, 1.165) is 5.69 Å². The molecule has 0 amide bonds. The van der Waals surface area contributed by atoms with Crippen LogP contribution in [0.1, 0.15) is 64.7 Å². The van der Waals surface area contributed by atoms with Crippen molar-refractivity contribution < 1.29 is 18.8 Å². The average molecular weight is 321 g/mol. The Kier molecular flexibility index (Phi) is 5.30. The van der Waals surface area contributed by atoms with Crippen LogP contribution in [-0.2, 0) is 4.74 Å². The molecular weight excluding hydrogens is 292 g/mol. The van der Waals surface area contributed by atoms with Crippen LogP contribution in [0.3, 0.4) is 0 Å². The third-order valence-corrected chi connectivity index (χ3v) is 5.00. The highest BCUT2D eigenvalue weighted by molar-refractivity contribution is 6.08. The maximum Gasteiger partial charge on any atom is 0.340 e. The Bertz CT molecular complexity index is 596. The minimum absolute atomic E-state index is 0.0202. The van der Waals surface area contributed by atoms with Gasteiger partial charge in [-0.1, -0.05) is 0 Å². The van der Waals surface area contributed by atoms with Gasteiger partial charge in [0.2, 0.25) is 5.78 Å². The number of aromatic amines is 1. The van der Waals surface area contributed by atoms with Crippen molar-refractivity contribution in [3.63, 3.8) is 0 Å². The topological polar surface area (TPSA) is 59.2 Å². The molecule has 0 spiro atoms. The molecule has 1 aromatic heterocycles. The molecule has 23 heavy (non-hydrogen) atoms. The van der Waals surface area contributed by atoms with E-state index in [1.165, 1.54) is 25.7 Å². The maximum atomic E-state index is 12.9. The van der Waals surface area contributed by atoms with E-state index in [-0.39, 0.29) is 5.78 Å². The molecule has 1 aliphatic rings. The second-order valence-electron chi connectivity index (χ2n) is 7.14. The van der Waals surface area contributed by atoms with Gasteiger partial charge in [0.1, 0.15) is 6.54 Å². The number of ether oxygens (including phenoxy) is 1. The number of ketones is 1. The van der Waals surface area contributed by atoms with E-state index in [1.54, 1.807) is 6.92 Å². The van der Waals surface area contributed by atoms with Crippen LogP contribution in [0.25, 0.3) is 0 Å². The second-order valence-corrected chi connectivity index (χ2v) is 7.14. The van der Waals surface area contributed by atoms with E-state index in [1.807, 2.05) is 13.8 Å². The molecule has 0 atom stereocenters. The Balaban J connectivity index is 2.27. The van der Waals surface area contributed by atoms with Crippen LogP contribution in [0.4, 0.5) is 0 Å². The zero-order chi connectivity index (χ0) is 17.2. The molecule has 5 heteroatoms. The molecule has 0 radical (unpaired) electrons. The van der Waals surface area contributed by atoms with Crippen LogP contribution in [-0.4, -0.2) is 54.5 Å². The predicted molar refractivity (Wildman–Crippen MR) is 89.8 cm³/mol. The first kappa shape index (κ1) is 17.7. The van der Waals surface area contributed by atoms with Crippen LogP contribution in [0.15, 0.2) is 0 Å². The molecule has 1 heterocycles. The van der Waals surface area contributed by atoms with Gasteiger partial charge in [-0.25, -0.2) is 4.79 Å². The molecule has 128 valence electrons. The molecule has 0 aliphatic heterocycles. The van der Waals surface area contributed by atoms with Gasteiger partial charge < -0.3 is 14.2 Å². The first-order chi connectivity index (χ1) is 10.8. The highest BCUT2D eigenvalue weighted by Gasteiger charge is 2.35. The highest BCUT2D eigenvalue weighted by Crippen LogP contribution is 2.28. The van der Waals surface area contributed by atoms with Crippen LogP contribution < -0.4 is 0 Å². The van der Waals surface area contributed by atoms with Gasteiger partial charge in [-0.2, -0.15) is 0 Å². The summed E-state index contributed by atoms with van der Waals surface area (Å²) in [7, 11) is 4.24. The van der Waals surface area contributed by atoms with Gasteiger partial charge in [-0.15, -0.1) is 0 Å². The lowest BCUT2D eigenvalue weighted by Crippen LogP contribution is -2.50. The summed E-state index contributed by atoms with van der Waals surface area (Å²) in [5.74, 6) is -0.393. The van der Waals surface area contributed by atoms with Crippen molar-refractivity contribution >= 4 is 11.8 Å². The Morgan fingerprint density at radius 3 is 2.26 bits per heavy atom. The summed E-state index contributed by atoms with van der Waals surface area (Å²) in [6.45, 7) is 6.15. The molecule has 1 N–H and O–H groups in total. The smallest absolute Gasteiger partial charge is 0.340 e. The third kappa shape index (κ3) is 3.66. The second kappa shape index (κ2) is 6.87. The van der Waals surface area contributed by atoms with Crippen molar-refractivity contribution in [2.24, 2.45) is 0 Å². The van der Waals surface area contributed by atoms with Crippen molar-refractivity contribution in [2.45, 2.75) is 52.5 Å². The quantitative estimate of drug-likeness (QED) is 0.498. The molecule has 1 aliphatic carbocycles. The molecular formula is C18H29N2O3+. The minimum atomic E-state index is -0.413. The van der Waals surface area contributed by atoms with Crippen molar-refractivity contribution in [3.8, 4) is 0 Å². The number of rotatable bonds is 6. The van der Waals surface area contributed by atoms with E-state index in [0.29, 0.717) is 40.5 Å². The molecule has 2 rings (SSSR count). The SMILES string of the molecule is CCOC(=O)c1c(C)[nH]c(C)c1C(=O)C[N+](C)(C)C1CCCC1. The number of nitrogens with one attached hydrogen (secondary N) is 1.